The molecule has 1 amide bonds. The largest absolute Gasteiger partial charge is 0.415 e. The Morgan fingerprint density at radius 2 is 2.03 bits per heavy atom. The highest BCUT2D eigenvalue weighted by molar-refractivity contribution is 7.13. The number of rotatable bonds is 5. The topological polar surface area (TPSA) is 73.0 Å². The average molecular weight is 431 g/mol. The molecule has 1 N–H and O–H groups in total. The molecule has 0 atom stereocenters. The molecule has 0 aliphatic carbocycles. The molecule has 0 aliphatic rings. The third-order valence-corrected chi connectivity index (χ3v) is 5.64. The smallest absolute Gasteiger partial charge is 0.258 e. The van der Waals surface area contributed by atoms with Crippen LogP contribution in [-0.2, 0) is 11.3 Å². The quantitative estimate of drug-likeness (QED) is 0.465. The minimum atomic E-state index is -0.462. The van der Waals surface area contributed by atoms with Gasteiger partial charge in [-0.25, -0.2) is 4.39 Å². The lowest BCUT2D eigenvalue weighted by Crippen LogP contribution is -2.20. The SMILES string of the molecule is Cc1cc(-c2nnc(-c3cccs3)o2)c(C)n1CC(=O)Nc1ccc(F)cc1Cl. The molecule has 0 saturated heterocycles. The van der Waals surface area contributed by atoms with Gasteiger partial charge in [-0.2, -0.15) is 0 Å². The molecular weight excluding hydrogens is 415 g/mol. The molecule has 4 aromatic rings. The highest BCUT2D eigenvalue weighted by atomic mass is 35.5. The number of nitrogens with zero attached hydrogens (tertiary/aromatic N) is 3. The Hall–Kier alpha value is -2.97. The van der Waals surface area contributed by atoms with Crippen LogP contribution in [0.3, 0.4) is 0 Å². The zero-order chi connectivity index (χ0) is 20.5. The van der Waals surface area contributed by atoms with Gasteiger partial charge in [0, 0.05) is 11.4 Å². The van der Waals surface area contributed by atoms with Crippen molar-refractivity contribution in [3.63, 3.8) is 0 Å². The van der Waals surface area contributed by atoms with Crippen molar-refractivity contribution >= 4 is 34.5 Å². The van der Waals surface area contributed by atoms with Crippen LogP contribution >= 0.6 is 22.9 Å². The van der Waals surface area contributed by atoms with Crippen molar-refractivity contribution in [1.29, 1.82) is 0 Å². The normalized spacial score (nSPS) is 11.0. The highest BCUT2D eigenvalue weighted by Gasteiger charge is 2.19. The Morgan fingerprint density at radius 1 is 1.24 bits per heavy atom. The summed E-state index contributed by atoms with van der Waals surface area (Å²) in [5, 5.41) is 13.0. The van der Waals surface area contributed by atoms with Crippen molar-refractivity contribution in [3.8, 4) is 22.2 Å². The summed E-state index contributed by atoms with van der Waals surface area (Å²) in [6.45, 7) is 3.85. The van der Waals surface area contributed by atoms with Gasteiger partial charge in [-0.15, -0.1) is 21.5 Å². The Kier molecular flexibility index (Phi) is 5.21. The summed E-state index contributed by atoms with van der Waals surface area (Å²) in [4.78, 5) is 13.4. The van der Waals surface area contributed by atoms with Gasteiger partial charge in [0.2, 0.25) is 11.8 Å². The predicted octanol–water partition coefficient (Wildman–Crippen LogP) is 5.31. The van der Waals surface area contributed by atoms with E-state index < -0.39 is 5.82 Å². The number of benzene rings is 1. The summed E-state index contributed by atoms with van der Waals surface area (Å²) in [5.41, 5.74) is 2.82. The van der Waals surface area contributed by atoms with Gasteiger partial charge in [-0.1, -0.05) is 17.7 Å². The van der Waals surface area contributed by atoms with Crippen LogP contribution in [-0.4, -0.2) is 20.7 Å². The van der Waals surface area contributed by atoms with E-state index in [1.165, 1.54) is 23.5 Å². The van der Waals surface area contributed by atoms with E-state index in [4.69, 9.17) is 16.0 Å². The van der Waals surface area contributed by atoms with Crippen LogP contribution in [0.5, 0.6) is 0 Å². The van der Waals surface area contributed by atoms with Crippen molar-refractivity contribution in [1.82, 2.24) is 14.8 Å². The number of amides is 1. The van der Waals surface area contributed by atoms with Gasteiger partial charge in [0.05, 0.1) is 21.2 Å². The van der Waals surface area contributed by atoms with E-state index in [1.54, 1.807) is 0 Å². The van der Waals surface area contributed by atoms with Crippen LogP contribution in [0.2, 0.25) is 5.02 Å². The summed E-state index contributed by atoms with van der Waals surface area (Å²) in [5.74, 6) is 0.117. The minimum Gasteiger partial charge on any atom is -0.415 e. The Bertz CT molecular complexity index is 1180. The van der Waals surface area contributed by atoms with Gasteiger partial charge in [0.1, 0.15) is 12.4 Å². The molecule has 0 saturated carbocycles. The van der Waals surface area contributed by atoms with Crippen LogP contribution in [0.15, 0.2) is 46.2 Å². The first-order valence-electron chi connectivity index (χ1n) is 8.72. The van der Waals surface area contributed by atoms with Crippen molar-refractivity contribution in [2.45, 2.75) is 20.4 Å². The Morgan fingerprint density at radius 3 is 2.76 bits per heavy atom. The molecule has 6 nitrogen and oxygen atoms in total. The summed E-state index contributed by atoms with van der Waals surface area (Å²) in [6, 6.07) is 9.56. The van der Waals surface area contributed by atoms with E-state index in [-0.39, 0.29) is 17.5 Å². The van der Waals surface area contributed by atoms with Crippen molar-refractivity contribution in [2.24, 2.45) is 0 Å². The maximum atomic E-state index is 13.2. The lowest BCUT2D eigenvalue weighted by atomic mass is 10.2. The number of aryl methyl sites for hydroxylation is 1. The van der Waals surface area contributed by atoms with E-state index in [1.807, 2.05) is 42.0 Å². The van der Waals surface area contributed by atoms with Gasteiger partial charge in [0.25, 0.3) is 5.89 Å². The summed E-state index contributed by atoms with van der Waals surface area (Å²) in [6.07, 6.45) is 0. The van der Waals surface area contributed by atoms with Crippen LogP contribution < -0.4 is 5.32 Å². The molecule has 0 radical (unpaired) electrons. The maximum absolute atomic E-state index is 13.2. The maximum Gasteiger partial charge on any atom is 0.258 e. The third kappa shape index (κ3) is 3.94. The first-order valence-corrected chi connectivity index (χ1v) is 9.97. The van der Waals surface area contributed by atoms with Crippen molar-refractivity contribution in [2.75, 3.05) is 5.32 Å². The fraction of sp³-hybridized carbons (Fsp3) is 0.150. The zero-order valence-electron chi connectivity index (χ0n) is 15.6. The number of hydrogen-bond acceptors (Lipinski definition) is 5. The molecule has 29 heavy (non-hydrogen) atoms. The summed E-state index contributed by atoms with van der Waals surface area (Å²) in [7, 11) is 0. The average Bonchev–Trinajstić information content (AvgIpc) is 3.41. The number of thiophene rings is 1. The number of hydrogen-bond donors (Lipinski definition) is 1. The molecule has 1 aromatic carbocycles. The van der Waals surface area contributed by atoms with E-state index in [9.17, 15) is 9.18 Å². The third-order valence-electron chi connectivity index (χ3n) is 4.47. The second-order valence-electron chi connectivity index (χ2n) is 6.43. The highest BCUT2D eigenvalue weighted by Crippen LogP contribution is 2.30. The van der Waals surface area contributed by atoms with Crippen molar-refractivity contribution < 1.29 is 13.6 Å². The molecule has 4 rings (SSSR count). The monoisotopic (exact) mass is 430 g/mol. The van der Waals surface area contributed by atoms with Crippen LogP contribution in [0.1, 0.15) is 11.4 Å². The molecule has 9 heteroatoms. The van der Waals surface area contributed by atoms with Crippen LogP contribution in [0.4, 0.5) is 10.1 Å². The second-order valence-corrected chi connectivity index (χ2v) is 7.79. The number of nitrogens with one attached hydrogen (secondary N) is 1. The van der Waals surface area contributed by atoms with Gasteiger partial charge >= 0.3 is 0 Å². The first-order chi connectivity index (χ1) is 13.9. The van der Waals surface area contributed by atoms with E-state index >= 15 is 0 Å². The van der Waals surface area contributed by atoms with Crippen LogP contribution in [0.25, 0.3) is 22.2 Å². The lowest BCUT2D eigenvalue weighted by Gasteiger charge is -2.11. The summed E-state index contributed by atoms with van der Waals surface area (Å²) >= 11 is 7.50. The molecule has 0 aliphatic heterocycles. The minimum absolute atomic E-state index is 0.0668. The Labute approximate surface area is 175 Å². The van der Waals surface area contributed by atoms with E-state index in [2.05, 4.69) is 15.5 Å². The molecule has 148 valence electrons. The second kappa shape index (κ2) is 7.81. The number of anilines is 1. The van der Waals surface area contributed by atoms with Gasteiger partial charge in [-0.3, -0.25) is 4.79 Å². The molecule has 0 spiro atoms. The zero-order valence-corrected chi connectivity index (χ0v) is 17.1. The molecular formula is C20H16ClFN4O2S. The van der Waals surface area contributed by atoms with Gasteiger partial charge in [0.15, 0.2) is 0 Å². The summed E-state index contributed by atoms with van der Waals surface area (Å²) < 4.78 is 20.8. The van der Waals surface area contributed by atoms with Gasteiger partial charge in [-0.05, 0) is 49.6 Å². The van der Waals surface area contributed by atoms with Crippen molar-refractivity contribution in [3.05, 3.63) is 64.0 Å². The molecule has 0 unspecified atom stereocenters. The van der Waals surface area contributed by atoms with E-state index in [0.29, 0.717) is 17.5 Å². The number of carbonyl (C=O) groups excluding carboxylic acids is 1. The molecule has 3 aromatic heterocycles. The van der Waals surface area contributed by atoms with Gasteiger partial charge < -0.3 is 14.3 Å². The van der Waals surface area contributed by atoms with E-state index in [0.717, 1.165) is 27.9 Å². The number of halogens is 2. The fourth-order valence-corrected chi connectivity index (χ4v) is 3.88. The molecule has 0 fully saturated rings. The fourth-order valence-electron chi connectivity index (χ4n) is 3.02. The predicted molar refractivity (Wildman–Crippen MR) is 111 cm³/mol. The lowest BCUT2D eigenvalue weighted by molar-refractivity contribution is -0.116. The molecule has 0 bridgehead atoms. The van der Waals surface area contributed by atoms with Crippen LogP contribution in [0, 0.1) is 19.7 Å². The first kappa shape index (κ1) is 19.4. The number of aromatic nitrogens is 3. The Balaban J connectivity index is 1.55. The molecule has 3 heterocycles. The standard InChI is InChI=1S/C20H16ClFN4O2S/c1-11-8-14(19-24-25-20(28-19)17-4-3-7-29-17)12(2)26(11)10-18(27)23-16-6-5-13(22)9-15(16)21/h3-9H,10H2,1-2H3,(H,23,27). The number of carbonyl (C=O) groups is 1.